The van der Waals surface area contributed by atoms with Crippen LogP contribution in [0.2, 0.25) is 0 Å². The molecule has 0 saturated heterocycles. The van der Waals surface area contributed by atoms with Crippen molar-refractivity contribution in [3.8, 4) is 11.1 Å². The molecule has 0 aliphatic heterocycles. The fourth-order valence-corrected chi connectivity index (χ4v) is 3.63. The van der Waals surface area contributed by atoms with Crippen LogP contribution in [0, 0.1) is 12.8 Å². The third kappa shape index (κ3) is 6.21. The number of rotatable bonds is 2. The van der Waals surface area contributed by atoms with Gasteiger partial charge in [0, 0.05) is 5.57 Å². The first kappa shape index (κ1) is 26.7. The minimum absolute atomic E-state index is 0.0872. The van der Waals surface area contributed by atoms with Gasteiger partial charge in [-0.05, 0) is 71.5 Å². The Morgan fingerprint density at radius 1 is 0.600 bits per heavy atom. The summed E-state index contributed by atoms with van der Waals surface area (Å²) >= 11 is 0. The fraction of sp³-hybridized carbons (Fsp3) is 0.304. The smallest absolute Gasteiger partial charge is 0.170 e. The number of aryl methyl sites for hydroxylation is 1. The van der Waals surface area contributed by atoms with Crippen molar-refractivity contribution in [1.82, 2.24) is 0 Å². The maximum absolute atomic E-state index is 13.3. The Hall–Kier alpha value is -2.92. The van der Waals surface area contributed by atoms with Gasteiger partial charge >= 0.3 is 24.7 Å². The van der Waals surface area contributed by atoms with Crippen molar-refractivity contribution in [2.24, 2.45) is 5.92 Å². The molecule has 2 aromatic carbocycles. The standard InChI is InChI=1S/C23H14F12/c1-11-2-12(14-5-16(20(24,25)26)9-17(6-14)21(27,28)29)4-13(3-11)15-7-18(22(30,31)32)10-19(8-15)23(33,34)35/h2-9,18H,10H2,1H3. The predicted molar refractivity (Wildman–Crippen MR) is 103 cm³/mol. The van der Waals surface area contributed by atoms with Gasteiger partial charge in [0.05, 0.1) is 17.0 Å². The molecule has 1 atom stereocenters. The summed E-state index contributed by atoms with van der Waals surface area (Å²) < 4.78 is 159. The third-order valence-electron chi connectivity index (χ3n) is 5.27. The summed E-state index contributed by atoms with van der Waals surface area (Å²) in [4.78, 5) is 0. The van der Waals surface area contributed by atoms with Gasteiger partial charge in [-0.15, -0.1) is 0 Å². The summed E-state index contributed by atoms with van der Waals surface area (Å²) in [7, 11) is 0. The van der Waals surface area contributed by atoms with E-state index in [2.05, 4.69) is 0 Å². The Balaban J connectivity index is 2.21. The quantitative estimate of drug-likeness (QED) is 0.348. The molecule has 1 aliphatic carbocycles. The van der Waals surface area contributed by atoms with Gasteiger partial charge in [0.1, 0.15) is 0 Å². The summed E-state index contributed by atoms with van der Waals surface area (Å²) in [6, 6.07) is 4.10. The van der Waals surface area contributed by atoms with Crippen LogP contribution in [-0.2, 0) is 12.4 Å². The van der Waals surface area contributed by atoms with Crippen LogP contribution >= 0.6 is 0 Å². The van der Waals surface area contributed by atoms with Gasteiger partial charge in [-0.2, -0.15) is 52.7 Å². The Morgan fingerprint density at radius 3 is 1.54 bits per heavy atom. The van der Waals surface area contributed by atoms with Crippen LogP contribution in [-0.4, -0.2) is 12.4 Å². The molecule has 35 heavy (non-hydrogen) atoms. The second kappa shape index (κ2) is 8.63. The monoisotopic (exact) mass is 518 g/mol. The fourth-order valence-electron chi connectivity index (χ4n) is 3.63. The molecule has 3 rings (SSSR count). The summed E-state index contributed by atoms with van der Waals surface area (Å²) in [5.74, 6) is -2.48. The van der Waals surface area contributed by atoms with Crippen molar-refractivity contribution >= 4 is 5.57 Å². The highest BCUT2D eigenvalue weighted by atomic mass is 19.4. The molecule has 12 heteroatoms. The van der Waals surface area contributed by atoms with E-state index in [-0.39, 0.29) is 22.8 Å². The first-order valence-electron chi connectivity index (χ1n) is 9.73. The number of hydrogen-bond acceptors (Lipinski definition) is 0. The van der Waals surface area contributed by atoms with Gasteiger partial charge < -0.3 is 0 Å². The van der Waals surface area contributed by atoms with E-state index >= 15 is 0 Å². The highest BCUT2D eigenvalue weighted by Gasteiger charge is 2.45. The van der Waals surface area contributed by atoms with Gasteiger partial charge in [0.15, 0.2) is 0 Å². The molecule has 0 radical (unpaired) electrons. The molecule has 0 fully saturated rings. The maximum Gasteiger partial charge on any atom is 0.416 e. The Morgan fingerprint density at radius 2 is 1.09 bits per heavy atom. The molecule has 0 saturated carbocycles. The largest absolute Gasteiger partial charge is 0.416 e. The molecule has 0 aromatic heterocycles. The maximum atomic E-state index is 13.3. The number of alkyl halides is 12. The van der Waals surface area contributed by atoms with Crippen LogP contribution in [0.4, 0.5) is 52.7 Å². The Labute approximate surface area is 190 Å². The molecule has 0 heterocycles. The molecule has 0 nitrogen and oxygen atoms in total. The van der Waals surface area contributed by atoms with Crippen LogP contribution < -0.4 is 0 Å². The van der Waals surface area contributed by atoms with E-state index < -0.39 is 64.9 Å². The molecule has 2 aromatic rings. The Bertz CT molecular complexity index is 1140. The molecule has 0 bridgehead atoms. The zero-order valence-corrected chi connectivity index (χ0v) is 17.4. The molecule has 190 valence electrons. The number of hydrogen-bond donors (Lipinski definition) is 0. The predicted octanol–water partition coefficient (Wildman–Crippen LogP) is 9.15. The normalized spacial score (nSPS) is 17.8. The van der Waals surface area contributed by atoms with Gasteiger partial charge in [-0.3, -0.25) is 0 Å². The molecule has 0 N–H and O–H groups in total. The lowest BCUT2D eigenvalue weighted by Gasteiger charge is -2.25. The van der Waals surface area contributed by atoms with E-state index in [0.29, 0.717) is 24.3 Å². The second-order valence-corrected chi connectivity index (χ2v) is 8.02. The van der Waals surface area contributed by atoms with Crippen LogP contribution in [0.1, 0.15) is 28.7 Å². The van der Waals surface area contributed by atoms with Crippen molar-refractivity contribution in [3.63, 3.8) is 0 Å². The first-order valence-corrected chi connectivity index (χ1v) is 9.73. The minimum atomic E-state index is -5.14. The first-order chi connectivity index (χ1) is 15.7. The zero-order valence-electron chi connectivity index (χ0n) is 17.4. The van der Waals surface area contributed by atoms with E-state index in [1.807, 2.05) is 0 Å². The van der Waals surface area contributed by atoms with Gasteiger partial charge in [-0.1, -0.05) is 18.2 Å². The van der Waals surface area contributed by atoms with Crippen molar-refractivity contribution in [3.05, 3.63) is 76.4 Å². The van der Waals surface area contributed by atoms with Gasteiger partial charge in [0.2, 0.25) is 0 Å². The van der Waals surface area contributed by atoms with E-state index in [9.17, 15) is 52.7 Å². The average molecular weight is 518 g/mol. The van der Waals surface area contributed by atoms with Crippen molar-refractivity contribution in [2.45, 2.75) is 38.0 Å². The second-order valence-electron chi connectivity index (χ2n) is 8.02. The highest BCUT2D eigenvalue weighted by Crippen LogP contribution is 2.44. The van der Waals surface area contributed by atoms with Crippen LogP contribution in [0.5, 0.6) is 0 Å². The van der Waals surface area contributed by atoms with Crippen LogP contribution in [0.25, 0.3) is 16.7 Å². The van der Waals surface area contributed by atoms with E-state index in [1.165, 1.54) is 19.1 Å². The van der Waals surface area contributed by atoms with Crippen LogP contribution in [0.3, 0.4) is 0 Å². The minimum Gasteiger partial charge on any atom is -0.170 e. The summed E-state index contributed by atoms with van der Waals surface area (Å²) in [5.41, 5.74) is -6.01. The molecular weight excluding hydrogens is 504 g/mol. The summed E-state index contributed by atoms with van der Waals surface area (Å²) in [6.07, 6.45) is -20.7. The Kier molecular flexibility index (Phi) is 6.58. The van der Waals surface area contributed by atoms with Crippen molar-refractivity contribution in [2.75, 3.05) is 0 Å². The van der Waals surface area contributed by atoms with Gasteiger partial charge in [-0.25, -0.2) is 0 Å². The lowest BCUT2D eigenvalue weighted by Crippen LogP contribution is -2.27. The summed E-state index contributed by atoms with van der Waals surface area (Å²) in [5, 5.41) is 0. The number of allylic oxidation sites excluding steroid dienone is 4. The molecular formula is C23H14F12. The van der Waals surface area contributed by atoms with Gasteiger partial charge in [0.25, 0.3) is 0 Å². The van der Waals surface area contributed by atoms with E-state index in [1.54, 1.807) is 0 Å². The molecule has 0 amide bonds. The van der Waals surface area contributed by atoms with Crippen molar-refractivity contribution < 1.29 is 52.7 Å². The lowest BCUT2D eigenvalue weighted by atomic mass is 9.85. The lowest BCUT2D eigenvalue weighted by molar-refractivity contribution is -0.165. The SMILES string of the molecule is Cc1cc(C2=CC(C(F)(F)F)CC(C(F)(F)F)=C2)cc(-c2cc(C(F)(F)F)cc(C(F)(F)F)c2)c1. The van der Waals surface area contributed by atoms with Crippen molar-refractivity contribution in [1.29, 1.82) is 0 Å². The molecule has 1 unspecified atom stereocenters. The topological polar surface area (TPSA) is 0 Å². The molecule has 1 aliphatic rings. The third-order valence-corrected chi connectivity index (χ3v) is 5.27. The summed E-state index contributed by atoms with van der Waals surface area (Å²) in [6.45, 7) is 1.35. The zero-order chi connectivity index (χ0) is 26.6. The van der Waals surface area contributed by atoms with E-state index in [0.717, 1.165) is 6.07 Å². The average Bonchev–Trinajstić information content (AvgIpc) is 2.70. The highest BCUT2D eigenvalue weighted by molar-refractivity contribution is 5.80. The number of benzene rings is 2. The number of halogens is 12. The van der Waals surface area contributed by atoms with E-state index in [4.69, 9.17) is 0 Å². The van der Waals surface area contributed by atoms with Crippen LogP contribution in [0.15, 0.2) is 54.1 Å². The molecule has 0 spiro atoms.